The van der Waals surface area contributed by atoms with Crippen LogP contribution in [0.4, 0.5) is 0 Å². The van der Waals surface area contributed by atoms with Gasteiger partial charge in [-0.3, -0.25) is 18.9 Å². The minimum Gasteiger partial charge on any atom is -0.496 e. The zero-order chi connectivity index (χ0) is 21.3. The SMILES string of the molecule is COc1cccc2c1cc1c(=O)n(CC(=O)NCCN3CCN(C)CC3)nc(C)n12. The van der Waals surface area contributed by atoms with Crippen LogP contribution in [0.5, 0.6) is 5.75 Å². The summed E-state index contributed by atoms with van der Waals surface area (Å²) >= 11 is 0. The quantitative estimate of drug-likeness (QED) is 0.628. The van der Waals surface area contributed by atoms with Gasteiger partial charge in [0.05, 0.1) is 12.6 Å². The maximum absolute atomic E-state index is 13.0. The molecular weight excluding hydrogens is 384 g/mol. The van der Waals surface area contributed by atoms with Crippen molar-refractivity contribution in [3.05, 3.63) is 40.4 Å². The third-order valence-corrected chi connectivity index (χ3v) is 5.71. The number of amides is 1. The first kappa shape index (κ1) is 20.4. The Labute approximate surface area is 174 Å². The molecule has 0 unspecified atom stereocenters. The van der Waals surface area contributed by atoms with Gasteiger partial charge in [0, 0.05) is 44.7 Å². The van der Waals surface area contributed by atoms with E-state index < -0.39 is 0 Å². The van der Waals surface area contributed by atoms with Gasteiger partial charge < -0.3 is 15.0 Å². The van der Waals surface area contributed by atoms with Gasteiger partial charge in [-0.15, -0.1) is 0 Å². The van der Waals surface area contributed by atoms with Crippen LogP contribution in [-0.2, 0) is 11.3 Å². The summed E-state index contributed by atoms with van der Waals surface area (Å²) in [5.74, 6) is 1.12. The Morgan fingerprint density at radius 2 is 1.97 bits per heavy atom. The van der Waals surface area contributed by atoms with Crippen molar-refractivity contribution in [2.45, 2.75) is 13.5 Å². The van der Waals surface area contributed by atoms with Crippen LogP contribution in [0.2, 0.25) is 0 Å². The molecule has 1 aliphatic rings. The minimum atomic E-state index is -0.298. The molecule has 30 heavy (non-hydrogen) atoms. The van der Waals surface area contributed by atoms with Crippen molar-refractivity contribution >= 4 is 22.3 Å². The number of piperazine rings is 1. The Morgan fingerprint density at radius 3 is 2.70 bits per heavy atom. The highest BCUT2D eigenvalue weighted by Gasteiger charge is 2.17. The zero-order valence-electron chi connectivity index (χ0n) is 17.7. The molecule has 0 aliphatic carbocycles. The predicted molar refractivity (Wildman–Crippen MR) is 115 cm³/mol. The van der Waals surface area contributed by atoms with Gasteiger partial charge in [-0.05, 0) is 32.2 Å². The molecule has 0 bridgehead atoms. The number of carbonyl (C=O) groups excluding carboxylic acids is 1. The summed E-state index contributed by atoms with van der Waals surface area (Å²) in [4.78, 5) is 30.0. The predicted octanol–water partition coefficient (Wildman–Crippen LogP) is 0.330. The first-order valence-electron chi connectivity index (χ1n) is 10.2. The zero-order valence-corrected chi connectivity index (χ0v) is 17.7. The van der Waals surface area contributed by atoms with E-state index in [0.717, 1.165) is 43.6 Å². The number of benzene rings is 1. The molecule has 9 nitrogen and oxygen atoms in total. The van der Waals surface area contributed by atoms with E-state index in [0.29, 0.717) is 23.6 Å². The fourth-order valence-electron chi connectivity index (χ4n) is 4.01. The topological polar surface area (TPSA) is 84.1 Å². The number of rotatable bonds is 6. The van der Waals surface area contributed by atoms with Gasteiger partial charge in [-0.1, -0.05) is 6.07 Å². The summed E-state index contributed by atoms with van der Waals surface area (Å²) < 4.78 is 8.46. The molecule has 0 saturated carbocycles. The molecule has 1 aromatic carbocycles. The average molecular weight is 412 g/mol. The molecule has 4 rings (SSSR count). The molecule has 9 heteroatoms. The number of carbonyl (C=O) groups is 1. The highest BCUT2D eigenvalue weighted by atomic mass is 16.5. The Balaban J connectivity index is 1.49. The number of hydrogen-bond acceptors (Lipinski definition) is 6. The summed E-state index contributed by atoms with van der Waals surface area (Å²) in [6.07, 6.45) is 0. The minimum absolute atomic E-state index is 0.0996. The summed E-state index contributed by atoms with van der Waals surface area (Å²) in [6.45, 7) is 7.20. The second-order valence-electron chi connectivity index (χ2n) is 7.76. The second-order valence-corrected chi connectivity index (χ2v) is 7.76. The third kappa shape index (κ3) is 3.90. The van der Waals surface area contributed by atoms with Crippen LogP contribution in [0.15, 0.2) is 29.1 Å². The molecule has 0 radical (unpaired) electrons. The fraction of sp³-hybridized carbons (Fsp3) is 0.476. The lowest BCUT2D eigenvalue weighted by Gasteiger charge is -2.32. The highest BCUT2D eigenvalue weighted by molar-refractivity contribution is 5.92. The van der Waals surface area contributed by atoms with Gasteiger partial charge in [0.15, 0.2) is 0 Å². The molecular formula is C21H28N6O3. The molecule has 0 atom stereocenters. The summed E-state index contributed by atoms with van der Waals surface area (Å²) in [7, 11) is 3.72. The lowest BCUT2D eigenvalue weighted by molar-refractivity contribution is -0.122. The van der Waals surface area contributed by atoms with E-state index in [9.17, 15) is 9.59 Å². The van der Waals surface area contributed by atoms with E-state index in [1.54, 1.807) is 13.2 Å². The fourth-order valence-corrected chi connectivity index (χ4v) is 4.01. The van der Waals surface area contributed by atoms with E-state index in [2.05, 4.69) is 27.3 Å². The van der Waals surface area contributed by atoms with Gasteiger partial charge in [-0.25, -0.2) is 4.68 Å². The first-order chi connectivity index (χ1) is 14.5. The molecule has 1 amide bonds. The van der Waals surface area contributed by atoms with Gasteiger partial charge in [0.2, 0.25) is 5.91 Å². The van der Waals surface area contributed by atoms with E-state index in [-0.39, 0.29) is 18.0 Å². The Kier molecular flexibility index (Phi) is 5.74. The second kappa shape index (κ2) is 8.45. The van der Waals surface area contributed by atoms with Gasteiger partial charge in [0.25, 0.3) is 5.56 Å². The number of methoxy groups -OCH3 is 1. The van der Waals surface area contributed by atoms with E-state index in [1.165, 1.54) is 4.68 Å². The maximum Gasteiger partial charge on any atom is 0.291 e. The van der Waals surface area contributed by atoms with Crippen LogP contribution in [0, 0.1) is 6.92 Å². The highest BCUT2D eigenvalue weighted by Crippen LogP contribution is 2.28. The van der Waals surface area contributed by atoms with Crippen LogP contribution in [0.1, 0.15) is 5.82 Å². The molecule has 3 heterocycles. The van der Waals surface area contributed by atoms with Crippen molar-refractivity contribution in [2.75, 3.05) is 53.4 Å². The summed E-state index contributed by atoms with van der Waals surface area (Å²) in [6, 6.07) is 7.46. The molecule has 3 aromatic rings. The monoisotopic (exact) mass is 412 g/mol. The first-order valence-corrected chi connectivity index (χ1v) is 10.2. The Morgan fingerprint density at radius 1 is 1.20 bits per heavy atom. The number of aromatic nitrogens is 3. The Hall–Kier alpha value is -2.91. The van der Waals surface area contributed by atoms with Gasteiger partial charge in [0.1, 0.15) is 23.6 Å². The van der Waals surface area contributed by atoms with Crippen LogP contribution in [0.3, 0.4) is 0 Å². The van der Waals surface area contributed by atoms with E-state index in [4.69, 9.17) is 4.74 Å². The molecule has 2 aromatic heterocycles. The van der Waals surface area contributed by atoms with Crippen molar-refractivity contribution in [3.8, 4) is 5.75 Å². The number of ether oxygens (including phenoxy) is 1. The largest absolute Gasteiger partial charge is 0.496 e. The number of hydrogen-bond donors (Lipinski definition) is 1. The number of likely N-dealkylation sites (N-methyl/N-ethyl adjacent to an activating group) is 1. The molecule has 1 aliphatic heterocycles. The lowest BCUT2D eigenvalue weighted by Crippen LogP contribution is -2.47. The van der Waals surface area contributed by atoms with Gasteiger partial charge in [-0.2, -0.15) is 5.10 Å². The molecule has 1 fully saturated rings. The van der Waals surface area contributed by atoms with Gasteiger partial charge >= 0.3 is 0 Å². The van der Waals surface area contributed by atoms with Crippen molar-refractivity contribution in [1.82, 2.24) is 29.3 Å². The molecule has 1 N–H and O–H groups in total. The van der Waals surface area contributed by atoms with E-state index >= 15 is 0 Å². The van der Waals surface area contributed by atoms with Crippen molar-refractivity contribution in [3.63, 3.8) is 0 Å². The van der Waals surface area contributed by atoms with Crippen LogP contribution in [-0.4, -0.2) is 83.3 Å². The van der Waals surface area contributed by atoms with Crippen LogP contribution < -0.4 is 15.6 Å². The maximum atomic E-state index is 13.0. The standard InChI is InChI=1S/C21H28N6O3/c1-15-23-26(14-20(28)22-7-8-25-11-9-24(2)10-12-25)21(29)18-13-16-17(27(15)18)5-4-6-19(16)30-3/h4-6,13H,7-12,14H2,1-3H3,(H,22,28). The summed E-state index contributed by atoms with van der Waals surface area (Å²) in [5.41, 5.74) is 1.04. The summed E-state index contributed by atoms with van der Waals surface area (Å²) in [5, 5.41) is 8.13. The number of nitrogens with zero attached hydrogens (tertiary/aromatic N) is 5. The molecule has 0 spiro atoms. The lowest BCUT2D eigenvalue weighted by atomic mass is 10.2. The van der Waals surface area contributed by atoms with E-state index in [1.807, 2.05) is 29.5 Å². The van der Waals surface area contributed by atoms with Crippen LogP contribution >= 0.6 is 0 Å². The number of fused-ring (bicyclic) bond motifs is 3. The third-order valence-electron chi connectivity index (χ3n) is 5.71. The molecule has 160 valence electrons. The Bertz CT molecular complexity index is 1130. The smallest absolute Gasteiger partial charge is 0.291 e. The average Bonchev–Trinajstić information content (AvgIpc) is 3.14. The number of nitrogens with one attached hydrogen (secondary N) is 1. The van der Waals surface area contributed by atoms with Crippen molar-refractivity contribution in [1.29, 1.82) is 0 Å². The molecule has 1 saturated heterocycles. The van der Waals surface area contributed by atoms with Crippen molar-refractivity contribution < 1.29 is 9.53 Å². The van der Waals surface area contributed by atoms with Crippen molar-refractivity contribution in [2.24, 2.45) is 0 Å². The van der Waals surface area contributed by atoms with Crippen LogP contribution in [0.25, 0.3) is 16.4 Å². The number of aryl methyl sites for hydroxylation is 1. The normalized spacial score (nSPS) is 15.7.